The number of aliphatic hydroxyl groups is 1. The maximum Gasteiger partial charge on any atom is 0.508 e. The summed E-state index contributed by atoms with van der Waals surface area (Å²) < 4.78 is 10.6. The van der Waals surface area contributed by atoms with E-state index in [9.17, 15) is 29.1 Å². The van der Waals surface area contributed by atoms with Crippen molar-refractivity contribution in [2.45, 2.75) is 123 Å². The van der Waals surface area contributed by atoms with Crippen LogP contribution in [0.15, 0.2) is 0 Å². The number of nitrogens with one attached hydrogen (secondary N) is 3. The number of primary amides is 1. The predicted molar refractivity (Wildman–Crippen MR) is 169 cm³/mol. The van der Waals surface area contributed by atoms with Crippen molar-refractivity contribution in [1.29, 1.82) is 0 Å². The van der Waals surface area contributed by atoms with E-state index in [1.807, 2.05) is 34.6 Å². The van der Waals surface area contributed by atoms with E-state index in [-0.39, 0.29) is 42.2 Å². The third-order valence-electron chi connectivity index (χ3n) is 10.0. The Bertz CT molecular complexity index is 1110. The predicted octanol–water partition coefficient (Wildman–Crippen LogP) is 1.80. The Morgan fingerprint density at radius 2 is 1.59 bits per heavy atom. The van der Waals surface area contributed by atoms with Crippen LogP contribution in [0.2, 0.25) is 0 Å². The molecule has 46 heavy (non-hydrogen) atoms. The standard InChI is InChI=1S/C33H55N5O8/c1-18(2)22-14-25(29(41)35-23(13-19-9-10-19)26(39)28(34)40)38(15-22)30(42)27(33(3,4)5)37-31(43)36-24(21-7-6-8-21)17-46-32(44)45-16-20-11-12-20/h18-25,27,31,36-37,43H,6-17H2,1-5H3,(H2,34,40)(H,35,41)/t22-,23?,24-,25?,27?,31?/m1/s1. The number of carbonyl (C=O) groups excluding carboxylic acids is 5. The first kappa shape index (κ1) is 36.1. The van der Waals surface area contributed by atoms with Gasteiger partial charge < -0.3 is 30.5 Å². The van der Waals surface area contributed by atoms with E-state index in [1.165, 1.54) is 0 Å². The molecule has 4 fully saturated rings. The third-order valence-corrected chi connectivity index (χ3v) is 10.0. The fraction of sp³-hybridized carbons (Fsp3) is 0.848. The summed E-state index contributed by atoms with van der Waals surface area (Å²) >= 11 is 0. The van der Waals surface area contributed by atoms with Gasteiger partial charge in [0.2, 0.25) is 17.6 Å². The molecule has 0 aromatic rings. The number of likely N-dealkylation sites (tertiary alicyclic amines) is 1. The van der Waals surface area contributed by atoms with Gasteiger partial charge in [-0.1, -0.05) is 53.9 Å². The number of rotatable bonds is 17. The summed E-state index contributed by atoms with van der Waals surface area (Å²) in [5, 5.41) is 20.1. The molecule has 3 amide bonds. The van der Waals surface area contributed by atoms with Crippen LogP contribution in [0, 0.1) is 35.0 Å². The van der Waals surface area contributed by atoms with Crippen LogP contribution >= 0.6 is 0 Å². The first-order valence-electron chi connectivity index (χ1n) is 17.1. The van der Waals surface area contributed by atoms with E-state index in [0.717, 1.165) is 44.9 Å². The molecule has 6 atom stereocenters. The van der Waals surface area contributed by atoms with Crippen molar-refractivity contribution < 1.29 is 38.6 Å². The highest BCUT2D eigenvalue weighted by molar-refractivity contribution is 6.37. The SMILES string of the molecule is CC(C)[C@@H]1CC(C(=O)NC(CC2CC2)C(=O)C(N)=O)N(C(=O)C(NC(O)N[C@H](COC(=O)OCC2CC2)C2CCC2)C(C)(C)C)C1. The van der Waals surface area contributed by atoms with Crippen LogP contribution in [0.5, 0.6) is 0 Å². The molecule has 0 bridgehead atoms. The van der Waals surface area contributed by atoms with Gasteiger partial charge in [-0.2, -0.15) is 0 Å². The van der Waals surface area contributed by atoms with Crippen molar-refractivity contribution in [2.24, 2.45) is 40.7 Å². The molecule has 13 nitrogen and oxygen atoms in total. The summed E-state index contributed by atoms with van der Waals surface area (Å²) in [6.07, 6.45) is 5.58. The number of ketones is 1. The van der Waals surface area contributed by atoms with Crippen molar-refractivity contribution in [2.75, 3.05) is 19.8 Å². The largest absolute Gasteiger partial charge is 0.508 e. The molecule has 4 rings (SSSR count). The van der Waals surface area contributed by atoms with Gasteiger partial charge in [-0.25, -0.2) is 4.79 Å². The number of hydrogen-bond acceptors (Lipinski definition) is 10. The molecule has 1 saturated heterocycles. The smallest absolute Gasteiger partial charge is 0.434 e. The zero-order chi connectivity index (χ0) is 33.8. The molecular formula is C33H55N5O8. The highest BCUT2D eigenvalue weighted by Gasteiger charge is 2.46. The van der Waals surface area contributed by atoms with E-state index < -0.39 is 53.6 Å². The van der Waals surface area contributed by atoms with Crippen molar-refractivity contribution in [3.63, 3.8) is 0 Å². The highest BCUT2D eigenvalue weighted by atomic mass is 16.7. The van der Waals surface area contributed by atoms with E-state index in [1.54, 1.807) is 4.90 Å². The van der Waals surface area contributed by atoms with Gasteiger partial charge >= 0.3 is 6.16 Å². The first-order valence-corrected chi connectivity index (χ1v) is 17.1. The number of ether oxygens (including phenoxy) is 2. The maximum atomic E-state index is 14.3. The van der Waals surface area contributed by atoms with E-state index >= 15 is 0 Å². The number of aliphatic hydroxyl groups excluding tert-OH is 1. The van der Waals surface area contributed by atoms with Crippen molar-refractivity contribution in [3.8, 4) is 0 Å². The second-order valence-corrected chi connectivity index (χ2v) is 15.4. The molecule has 0 spiro atoms. The van der Waals surface area contributed by atoms with Gasteiger partial charge in [-0.05, 0) is 73.5 Å². The second kappa shape index (κ2) is 15.4. The topological polar surface area (TPSA) is 189 Å². The number of carbonyl (C=O) groups is 5. The Balaban J connectivity index is 1.43. The third kappa shape index (κ3) is 10.1. The Morgan fingerprint density at radius 1 is 0.935 bits per heavy atom. The quantitative estimate of drug-likeness (QED) is 0.0883. The minimum absolute atomic E-state index is 0.0253. The summed E-state index contributed by atoms with van der Waals surface area (Å²) in [4.78, 5) is 65.9. The molecular weight excluding hydrogens is 594 g/mol. The molecule has 13 heteroatoms. The van der Waals surface area contributed by atoms with Crippen LogP contribution in [0.3, 0.4) is 0 Å². The molecule has 1 heterocycles. The minimum Gasteiger partial charge on any atom is -0.434 e. The van der Waals surface area contributed by atoms with Crippen LogP contribution in [-0.4, -0.2) is 89.9 Å². The van der Waals surface area contributed by atoms with Crippen molar-refractivity contribution in [1.82, 2.24) is 20.9 Å². The van der Waals surface area contributed by atoms with Crippen molar-refractivity contribution >= 4 is 29.7 Å². The normalized spacial score (nSPS) is 24.5. The Kier molecular flexibility index (Phi) is 12.1. The molecule has 6 N–H and O–H groups in total. The first-order chi connectivity index (χ1) is 21.6. The van der Waals surface area contributed by atoms with Crippen LogP contribution < -0.4 is 21.7 Å². The highest BCUT2D eigenvalue weighted by Crippen LogP contribution is 2.35. The summed E-state index contributed by atoms with van der Waals surface area (Å²) in [6.45, 7) is 10.4. The lowest BCUT2D eigenvalue weighted by Gasteiger charge is -2.39. The monoisotopic (exact) mass is 649 g/mol. The number of nitrogens with two attached hydrogens (primary N) is 1. The van der Waals surface area contributed by atoms with Gasteiger partial charge in [0.05, 0.1) is 18.7 Å². The lowest BCUT2D eigenvalue weighted by Crippen LogP contribution is -2.63. The average Bonchev–Trinajstić information content (AvgIpc) is 3.89. The molecule has 260 valence electrons. The summed E-state index contributed by atoms with van der Waals surface area (Å²) in [5.74, 6) is -1.66. The van der Waals surface area contributed by atoms with E-state index in [2.05, 4.69) is 16.0 Å². The Hall–Kier alpha value is -2.77. The molecule has 4 aliphatic rings. The fourth-order valence-corrected chi connectivity index (χ4v) is 6.30. The molecule has 0 aromatic carbocycles. The molecule has 4 unspecified atom stereocenters. The second-order valence-electron chi connectivity index (χ2n) is 15.4. The van der Waals surface area contributed by atoms with E-state index in [4.69, 9.17) is 15.2 Å². The fourth-order valence-electron chi connectivity index (χ4n) is 6.30. The van der Waals surface area contributed by atoms with E-state index in [0.29, 0.717) is 31.9 Å². The lowest BCUT2D eigenvalue weighted by atomic mass is 9.80. The van der Waals surface area contributed by atoms with Crippen LogP contribution in [0.25, 0.3) is 0 Å². The number of hydrogen-bond donors (Lipinski definition) is 5. The number of Topliss-reactive ketones (excluding diaryl/α,β-unsaturated/α-hetero) is 1. The number of amides is 3. The summed E-state index contributed by atoms with van der Waals surface area (Å²) in [5.41, 5.74) is 4.62. The van der Waals surface area contributed by atoms with Gasteiger partial charge in [-0.3, -0.25) is 29.8 Å². The van der Waals surface area contributed by atoms with Crippen LogP contribution in [-0.2, 0) is 28.7 Å². The van der Waals surface area contributed by atoms with Gasteiger partial charge in [0, 0.05) is 12.6 Å². The molecule has 3 saturated carbocycles. The molecule has 3 aliphatic carbocycles. The van der Waals surface area contributed by atoms with Crippen molar-refractivity contribution in [3.05, 3.63) is 0 Å². The number of nitrogens with zero attached hydrogens (tertiary/aromatic N) is 1. The average molecular weight is 650 g/mol. The van der Waals surface area contributed by atoms with Gasteiger partial charge in [0.15, 0.2) is 6.35 Å². The van der Waals surface area contributed by atoms with Gasteiger partial charge in [-0.15, -0.1) is 0 Å². The maximum absolute atomic E-state index is 14.3. The molecule has 1 aliphatic heterocycles. The zero-order valence-corrected chi connectivity index (χ0v) is 28.1. The zero-order valence-electron chi connectivity index (χ0n) is 28.1. The Morgan fingerprint density at radius 3 is 2.11 bits per heavy atom. The van der Waals surface area contributed by atoms with Crippen LogP contribution in [0.4, 0.5) is 4.79 Å². The Labute approximate surface area is 272 Å². The van der Waals surface area contributed by atoms with Gasteiger partial charge in [0.1, 0.15) is 12.6 Å². The van der Waals surface area contributed by atoms with Gasteiger partial charge in [0.25, 0.3) is 5.91 Å². The molecule has 0 radical (unpaired) electrons. The summed E-state index contributed by atoms with van der Waals surface area (Å²) in [7, 11) is 0. The van der Waals surface area contributed by atoms with Crippen LogP contribution in [0.1, 0.15) is 92.4 Å². The minimum atomic E-state index is -1.31. The lowest BCUT2D eigenvalue weighted by molar-refractivity contribution is -0.144. The summed E-state index contributed by atoms with van der Waals surface area (Å²) in [6, 6.07) is -3.11. The molecule has 0 aromatic heterocycles.